The van der Waals surface area contributed by atoms with Gasteiger partial charge in [0.2, 0.25) is 5.91 Å². The molecule has 8 nitrogen and oxygen atoms in total. The SMILES string of the molecule is C=CC(=O)N1CCC(c2c(OC)cc3c4c(n(-c5ccccc5F)c(=O)nc24)N=CN3)CC1. The summed E-state index contributed by atoms with van der Waals surface area (Å²) in [5.74, 6) is 0.308. The summed E-state index contributed by atoms with van der Waals surface area (Å²) in [5.41, 5.74) is 1.43. The topological polar surface area (TPSA) is 88.8 Å². The molecule has 0 aliphatic carbocycles. The fourth-order valence-corrected chi connectivity index (χ4v) is 4.68. The predicted molar refractivity (Wildman–Crippen MR) is 124 cm³/mol. The molecule has 2 aliphatic rings. The second-order valence-corrected chi connectivity index (χ2v) is 7.97. The van der Waals surface area contributed by atoms with E-state index in [9.17, 15) is 14.0 Å². The molecule has 33 heavy (non-hydrogen) atoms. The zero-order valence-corrected chi connectivity index (χ0v) is 18.0. The molecule has 0 spiro atoms. The van der Waals surface area contributed by atoms with Gasteiger partial charge in [-0.2, -0.15) is 4.98 Å². The number of rotatable bonds is 4. The number of hydrogen-bond donors (Lipinski definition) is 1. The molecule has 0 saturated carbocycles. The number of anilines is 1. The summed E-state index contributed by atoms with van der Waals surface area (Å²) < 4.78 is 21.5. The van der Waals surface area contributed by atoms with Gasteiger partial charge in [-0.1, -0.05) is 18.7 Å². The van der Waals surface area contributed by atoms with E-state index in [4.69, 9.17) is 4.74 Å². The Balaban J connectivity index is 1.72. The van der Waals surface area contributed by atoms with Gasteiger partial charge in [0, 0.05) is 24.7 Å². The highest BCUT2D eigenvalue weighted by Gasteiger charge is 2.30. The molecule has 0 atom stereocenters. The van der Waals surface area contributed by atoms with Crippen molar-refractivity contribution in [2.45, 2.75) is 18.8 Å². The fourth-order valence-electron chi connectivity index (χ4n) is 4.68. The molecule has 1 aromatic heterocycles. The number of carbonyl (C=O) groups is 1. The second-order valence-electron chi connectivity index (χ2n) is 7.97. The predicted octanol–water partition coefficient (Wildman–Crippen LogP) is 3.51. The van der Waals surface area contributed by atoms with Gasteiger partial charge in [-0.3, -0.25) is 4.79 Å². The zero-order chi connectivity index (χ0) is 23.1. The maximum absolute atomic E-state index is 14.6. The van der Waals surface area contributed by atoms with E-state index < -0.39 is 11.5 Å². The van der Waals surface area contributed by atoms with Gasteiger partial charge in [0.25, 0.3) is 0 Å². The van der Waals surface area contributed by atoms with Crippen molar-refractivity contribution in [3.8, 4) is 11.4 Å². The number of nitrogens with zero attached hydrogens (tertiary/aromatic N) is 4. The second kappa shape index (κ2) is 8.16. The van der Waals surface area contributed by atoms with Gasteiger partial charge in [0.1, 0.15) is 11.6 Å². The molecule has 2 aliphatic heterocycles. The molecule has 0 unspecified atom stereocenters. The van der Waals surface area contributed by atoms with Crippen LogP contribution in [-0.4, -0.2) is 46.9 Å². The molecule has 2 aromatic carbocycles. The Kier molecular flexibility index (Phi) is 5.16. The third-order valence-corrected chi connectivity index (χ3v) is 6.25. The number of carbonyl (C=O) groups excluding carboxylic acids is 1. The first-order valence-corrected chi connectivity index (χ1v) is 10.7. The van der Waals surface area contributed by atoms with Crippen molar-refractivity contribution in [1.82, 2.24) is 14.5 Å². The number of hydrogen-bond acceptors (Lipinski definition) is 6. The van der Waals surface area contributed by atoms with E-state index >= 15 is 0 Å². The van der Waals surface area contributed by atoms with Crippen LogP contribution in [0.3, 0.4) is 0 Å². The van der Waals surface area contributed by atoms with Gasteiger partial charge in [0.05, 0.1) is 35.7 Å². The molecule has 1 amide bonds. The summed E-state index contributed by atoms with van der Waals surface area (Å²) in [6.45, 7) is 4.69. The van der Waals surface area contributed by atoms with E-state index in [0.29, 0.717) is 54.1 Å². The van der Waals surface area contributed by atoms with Crippen molar-refractivity contribution in [1.29, 1.82) is 0 Å². The summed E-state index contributed by atoms with van der Waals surface area (Å²) in [6, 6.07) is 7.89. The van der Waals surface area contributed by atoms with Crippen molar-refractivity contribution < 1.29 is 13.9 Å². The lowest BCUT2D eigenvalue weighted by Gasteiger charge is -2.33. The summed E-state index contributed by atoms with van der Waals surface area (Å²) >= 11 is 0. The number of nitrogens with one attached hydrogen (secondary N) is 1. The largest absolute Gasteiger partial charge is 0.496 e. The Hall–Kier alpha value is -4.01. The van der Waals surface area contributed by atoms with Crippen LogP contribution in [0.1, 0.15) is 24.3 Å². The van der Waals surface area contributed by atoms with Crippen LogP contribution in [0.4, 0.5) is 15.9 Å². The number of ether oxygens (including phenoxy) is 1. The van der Waals surface area contributed by atoms with Crippen LogP contribution in [0.5, 0.6) is 5.75 Å². The lowest BCUT2D eigenvalue weighted by molar-refractivity contribution is -0.127. The molecule has 5 rings (SSSR count). The molecule has 168 valence electrons. The quantitative estimate of drug-likeness (QED) is 0.619. The van der Waals surface area contributed by atoms with Crippen LogP contribution < -0.4 is 15.7 Å². The summed E-state index contributed by atoms with van der Waals surface area (Å²) in [4.78, 5) is 35.7. The van der Waals surface area contributed by atoms with E-state index in [1.807, 2.05) is 6.07 Å². The van der Waals surface area contributed by atoms with Crippen LogP contribution >= 0.6 is 0 Å². The molecule has 3 aromatic rings. The van der Waals surface area contributed by atoms with Crippen molar-refractivity contribution in [2.24, 2.45) is 4.99 Å². The number of aromatic nitrogens is 2. The van der Waals surface area contributed by atoms with Gasteiger partial charge in [0.15, 0.2) is 5.82 Å². The normalized spacial score (nSPS) is 15.4. The molecular formula is C24H22FN5O3. The van der Waals surface area contributed by atoms with E-state index in [1.165, 1.54) is 29.1 Å². The lowest BCUT2D eigenvalue weighted by Crippen LogP contribution is -2.37. The van der Waals surface area contributed by atoms with Crippen LogP contribution in [0, 0.1) is 5.82 Å². The molecular weight excluding hydrogens is 425 g/mol. The molecule has 1 saturated heterocycles. The van der Waals surface area contributed by atoms with Crippen LogP contribution in [-0.2, 0) is 4.79 Å². The zero-order valence-electron chi connectivity index (χ0n) is 18.0. The van der Waals surface area contributed by atoms with E-state index in [-0.39, 0.29) is 17.5 Å². The van der Waals surface area contributed by atoms with Crippen molar-refractivity contribution in [2.75, 3.05) is 25.5 Å². The fraction of sp³-hybridized carbons (Fsp3) is 0.250. The number of benzene rings is 2. The minimum atomic E-state index is -0.624. The molecule has 1 N–H and O–H groups in total. The minimum Gasteiger partial charge on any atom is -0.496 e. The van der Waals surface area contributed by atoms with Crippen molar-refractivity contribution in [3.63, 3.8) is 0 Å². The molecule has 3 heterocycles. The Morgan fingerprint density at radius 1 is 1.30 bits per heavy atom. The first kappa shape index (κ1) is 20.9. The first-order valence-electron chi connectivity index (χ1n) is 10.7. The lowest BCUT2D eigenvalue weighted by atomic mass is 9.86. The van der Waals surface area contributed by atoms with Crippen molar-refractivity contribution >= 4 is 34.7 Å². The minimum absolute atomic E-state index is 0.0258. The Morgan fingerprint density at radius 3 is 2.76 bits per heavy atom. The number of amides is 1. The summed E-state index contributed by atoms with van der Waals surface area (Å²) in [6.07, 6.45) is 4.16. The van der Waals surface area contributed by atoms with Crippen LogP contribution in [0.2, 0.25) is 0 Å². The number of halogens is 1. The smallest absolute Gasteiger partial charge is 0.354 e. The Labute approximate surface area is 189 Å². The van der Waals surface area contributed by atoms with E-state index in [0.717, 1.165) is 5.56 Å². The Bertz CT molecular complexity index is 1370. The molecule has 0 bridgehead atoms. The van der Waals surface area contributed by atoms with Crippen LogP contribution in [0.15, 0.2) is 52.8 Å². The third-order valence-electron chi connectivity index (χ3n) is 6.25. The monoisotopic (exact) mass is 447 g/mol. The number of aliphatic imine (C=N–C) groups is 1. The van der Waals surface area contributed by atoms with Gasteiger partial charge >= 0.3 is 5.69 Å². The van der Waals surface area contributed by atoms with Gasteiger partial charge in [-0.15, -0.1) is 0 Å². The highest BCUT2D eigenvalue weighted by molar-refractivity contribution is 6.08. The summed E-state index contributed by atoms with van der Waals surface area (Å²) in [5, 5.41) is 3.72. The van der Waals surface area contributed by atoms with Crippen LogP contribution in [0.25, 0.3) is 16.6 Å². The number of para-hydroxylation sites is 1. The maximum atomic E-state index is 14.6. The first-order chi connectivity index (χ1) is 16.0. The maximum Gasteiger partial charge on any atom is 0.354 e. The highest BCUT2D eigenvalue weighted by atomic mass is 19.1. The molecule has 1 fully saturated rings. The van der Waals surface area contributed by atoms with Crippen molar-refractivity contribution in [3.05, 3.63) is 64.9 Å². The number of piperidine rings is 1. The molecule has 0 radical (unpaired) electrons. The van der Waals surface area contributed by atoms with E-state index in [1.54, 1.807) is 24.1 Å². The standard InChI is InChI=1S/C24H22FN5O3/c1-3-19(31)29-10-8-14(9-11-29)20-18(33-2)12-16-21-22(20)28-24(32)30(23(21)27-13-26-16)17-7-5-4-6-15(17)25/h3-7,12-14H,1,8-11H2,2H3,(H,26,27). The Morgan fingerprint density at radius 2 is 2.06 bits per heavy atom. The highest BCUT2D eigenvalue weighted by Crippen LogP contribution is 2.45. The number of likely N-dealkylation sites (tertiary alicyclic amines) is 1. The number of methoxy groups -OCH3 is 1. The van der Waals surface area contributed by atoms with Gasteiger partial charge in [-0.05, 0) is 37.0 Å². The van der Waals surface area contributed by atoms with Gasteiger partial charge in [-0.25, -0.2) is 18.7 Å². The average Bonchev–Trinajstić information content (AvgIpc) is 2.84. The third kappa shape index (κ3) is 3.36. The van der Waals surface area contributed by atoms with E-state index in [2.05, 4.69) is 21.9 Å². The summed E-state index contributed by atoms with van der Waals surface area (Å²) in [7, 11) is 1.58. The molecule has 9 heteroatoms. The average molecular weight is 447 g/mol. The van der Waals surface area contributed by atoms with Gasteiger partial charge < -0.3 is 15.0 Å².